The molecule has 2 N–H and O–H groups in total. The number of hydrogen-bond donors (Lipinski definition) is 1. The summed E-state index contributed by atoms with van der Waals surface area (Å²) >= 11 is 4.75. The van der Waals surface area contributed by atoms with Crippen LogP contribution in [0.5, 0.6) is 0 Å². The first-order chi connectivity index (χ1) is 8.80. The normalized spacial score (nSPS) is 22.2. The Morgan fingerprint density at radius 1 is 1.53 bits per heavy atom. The lowest BCUT2D eigenvalue weighted by Crippen LogP contribution is -2.47. The van der Waals surface area contributed by atoms with Crippen LogP contribution in [0.2, 0.25) is 0 Å². The van der Waals surface area contributed by atoms with Crippen molar-refractivity contribution in [2.75, 3.05) is 23.0 Å². The average molecular weight is 302 g/mol. The van der Waals surface area contributed by atoms with Crippen LogP contribution in [-0.4, -0.2) is 37.5 Å². The molecular weight excluding hydrogens is 287 g/mol. The minimum Gasteiger partial charge on any atom is -0.389 e. The number of nitrogens with zero attached hydrogens (tertiary/aromatic N) is 1. The van der Waals surface area contributed by atoms with E-state index in [1.54, 1.807) is 6.07 Å². The van der Waals surface area contributed by atoms with Crippen molar-refractivity contribution in [3.63, 3.8) is 0 Å². The molecule has 104 valence electrons. The highest BCUT2D eigenvalue weighted by Gasteiger charge is 2.28. The van der Waals surface area contributed by atoms with Crippen LogP contribution in [-0.2, 0) is 9.84 Å². The third kappa shape index (κ3) is 3.03. The minimum atomic E-state index is -2.98. The van der Waals surface area contributed by atoms with Crippen molar-refractivity contribution in [2.24, 2.45) is 5.73 Å². The fourth-order valence-electron chi connectivity index (χ4n) is 2.26. The molecule has 0 spiro atoms. The van der Waals surface area contributed by atoms with E-state index < -0.39 is 15.7 Å². The van der Waals surface area contributed by atoms with Gasteiger partial charge >= 0.3 is 0 Å². The molecular formula is C12H15FN2O2S2. The standard InChI is InChI=1S/C12H15FN2O2S2/c1-8-7-19(16,17)5-4-15(8)9-2-3-10(12(14)18)11(13)6-9/h2-3,6,8H,4-5,7H2,1H3,(H2,14,18). The van der Waals surface area contributed by atoms with Crippen LogP contribution in [0.3, 0.4) is 0 Å². The Bertz CT molecular complexity index is 616. The van der Waals surface area contributed by atoms with Gasteiger partial charge in [0.2, 0.25) is 0 Å². The first-order valence-electron chi connectivity index (χ1n) is 5.86. The molecule has 1 aliphatic heterocycles. The van der Waals surface area contributed by atoms with E-state index in [0.717, 1.165) is 0 Å². The van der Waals surface area contributed by atoms with Gasteiger partial charge in [0, 0.05) is 23.8 Å². The van der Waals surface area contributed by atoms with Gasteiger partial charge in [-0.2, -0.15) is 0 Å². The topological polar surface area (TPSA) is 63.4 Å². The molecule has 1 aliphatic rings. The van der Waals surface area contributed by atoms with E-state index >= 15 is 0 Å². The van der Waals surface area contributed by atoms with E-state index in [1.807, 2.05) is 11.8 Å². The van der Waals surface area contributed by atoms with E-state index in [2.05, 4.69) is 0 Å². The largest absolute Gasteiger partial charge is 0.389 e. The average Bonchev–Trinajstić information content (AvgIpc) is 2.26. The van der Waals surface area contributed by atoms with Crippen LogP contribution < -0.4 is 10.6 Å². The van der Waals surface area contributed by atoms with Gasteiger partial charge in [-0.1, -0.05) is 12.2 Å². The summed E-state index contributed by atoms with van der Waals surface area (Å²) in [7, 11) is -2.98. The maximum absolute atomic E-state index is 13.8. The Kier molecular flexibility index (Phi) is 3.78. The molecule has 7 heteroatoms. The second-order valence-electron chi connectivity index (χ2n) is 4.69. The summed E-state index contributed by atoms with van der Waals surface area (Å²) in [5.41, 5.74) is 6.26. The Hall–Kier alpha value is -1.21. The molecule has 2 rings (SSSR count). The second kappa shape index (κ2) is 5.05. The molecule has 19 heavy (non-hydrogen) atoms. The maximum atomic E-state index is 13.8. The molecule has 0 aromatic heterocycles. The van der Waals surface area contributed by atoms with Crippen molar-refractivity contribution in [3.05, 3.63) is 29.6 Å². The Morgan fingerprint density at radius 2 is 2.21 bits per heavy atom. The van der Waals surface area contributed by atoms with Crippen LogP contribution in [0.4, 0.5) is 10.1 Å². The maximum Gasteiger partial charge on any atom is 0.154 e. The molecule has 1 heterocycles. The number of anilines is 1. The molecule has 1 aromatic carbocycles. The fourth-order valence-corrected chi connectivity index (χ4v) is 3.99. The van der Waals surface area contributed by atoms with E-state index in [1.165, 1.54) is 12.1 Å². The predicted molar refractivity (Wildman–Crippen MR) is 77.7 cm³/mol. The summed E-state index contributed by atoms with van der Waals surface area (Å²) < 4.78 is 36.9. The summed E-state index contributed by atoms with van der Waals surface area (Å²) in [6, 6.07) is 4.42. The van der Waals surface area contributed by atoms with Crippen molar-refractivity contribution < 1.29 is 12.8 Å². The first-order valence-corrected chi connectivity index (χ1v) is 8.09. The van der Waals surface area contributed by atoms with Gasteiger partial charge in [-0.3, -0.25) is 0 Å². The number of thiocarbonyl (C=S) groups is 1. The summed E-state index contributed by atoms with van der Waals surface area (Å²) in [5, 5.41) is 0. The zero-order chi connectivity index (χ0) is 14.2. The van der Waals surface area contributed by atoms with E-state index in [4.69, 9.17) is 18.0 Å². The van der Waals surface area contributed by atoms with Crippen molar-refractivity contribution in [3.8, 4) is 0 Å². The van der Waals surface area contributed by atoms with Gasteiger partial charge in [0.25, 0.3) is 0 Å². The number of benzene rings is 1. The van der Waals surface area contributed by atoms with Gasteiger partial charge in [0.05, 0.1) is 11.5 Å². The molecule has 1 saturated heterocycles. The van der Waals surface area contributed by atoms with Gasteiger partial charge in [0.1, 0.15) is 10.8 Å². The molecule has 0 aliphatic carbocycles. The zero-order valence-electron chi connectivity index (χ0n) is 10.5. The van der Waals surface area contributed by atoms with Gasteiger partial charge in [-0.25, -0.2) is 12.8 Å². The molecule has 0 amide bonds. The quantitative estimate of drug-likeness (QED) is 0.828. The van der Waals surface area contributed by atoms with Crippen LogP contribution in [0, 0.1) is 5.82 Å². The summed E-state index contributed by atoms with van der Waals surface area (Å²) in [4.78, 5) is 1.89. The summed E-state index contributed by atoms with van der Waals surface area (Å²) in [6.07, 6.45) is 0. The Morgan fingerprint density at radius 3 is 2.74 bits per heavy atom. The van der Waals surface area contributed by atoms with E-state index in [-0.39, 0.29) is 28.1 Å². The third-order valence-corrected chi connectivity index (χ3v) is 5.23. The van der Waals surface area contributed by atoms with Crippen LogP contribution in [0.15, 0.2) is 18.2 Å². The lowest BCUT2D eigenvalue weighted by Gasteiger charge is -2.35. The lowest BCUT2D eigenvalue weighted by atomic mass is 10.1. The van der Waals surface area contributed by atoms with Gasteiger partial charge < -0.3 is 10.6 Å². The Balaban J connectivity index is 2.28. The lowest BCUT2D eigenvalue weighted by molar-refractivity contribution is 0.567. The van der Waals surface area contributed by atoms with Crippen LogP contribution in [0.1, 0.15) is 12.5 Å². The molecule has 1 unspecified atom stereocenters. The van der Waals surface area contributed by atoms with Gasteiger partial charge in [0.15, 0.2) is 9.84 Å². The number of sulfone groups is 1. The highest BCUT2D eigenvalue weighted by molar-refractivity contribution is 7.91. The number of hydrogen-bond acceptors (Lipinski definition) is 4. The fraction of sp³-hybridized carbons (Fsp3) is 0.417. The molecule has 0 bridgehead atoms. The molecule has 4 nitrogen and oxygen atoms in total. The summed E-state index contributed by atoms with van der Waals surface area (Å²) in [5.74, 6) is -0.299. The molecule has 0 radical (unpaired) electrons. The SMILES string of the molecule is CC1CS(=O)(=O)CCN1c1ccc(C(N)=S)c(F)c1. The van der Waals surface area contributed by atoms with E-state index in [0.29, 0.717) is 12.2 Å². The smallest absolute Gasteiger partial charge is 0.154 e. The van der Waals surface area contributed by atoms with Crippen molar-refractivity contribution >= 4 is 32.7 Å². The number of nitrogens with two attached hydrogens (primary N) is 1. The third-order valence-electron chi connectivity index (χ3n) is 3.22. The minimum absolute atomic E-state index is 0.0123. The zero-order valence-corrected chi connectivity index (χ0v) is 12.1. The van der Waals surface area contributed by atoms with Crippen molar-refractivity contribution in [1.29, 1.82) is 0 Å². The first kappa shape index (κ1) is 14.2. The monoisotopic (exact) mass is 302 g/mol. The molecule has 1 atom stereocenters. The second-order valence-corrected chi connectivity index (χ2v) is 7.35. The molecule has 0 saturated carbocycles. The van der Waals surface area contributed by atoms with Crippen LogP contribution >= 0.6 is 12.2 Å². The van der Waals surface area contributed by atoms with Crippen molar-refractivity contribution in [1.82, 2.24) is 0 Å². The van der Waals surface area contributed by atoms with Gasteiger partial charge in [-0.15, -0.1) is 0 Å². The predicted octanol–water partition coefficient (Wildman–Crippen LogP) is 1.08. The van der Waals surface area contributed by atoms with E-state index in [9.17, 15) is 12.8 Å². The number of rotatable bonds is 2. The molecule has 1 fully saturated rings. The number of halogens is 1. The molecule has 1 aromatic rings. The van der Waals surface area contributed by atoms with Gasteiger partial charge in [-0.05, 0) is 25.1 Å². The highest BCUT2D eigenvalue weighted by atomic mass is 32.2. The van der Waals surface area contributed by atoms with Crippen molar-refractivity contribution in [2.45, 2.75) is 13.0 Å². The summed E-state index contributed by atoms with van der Waals surface area (Å²) in [6.45, 7) is 2.19. The highest BCUT2D eigenvalue weighted by Crippen LogP contribution is 2.24. The Labute approximate surface area is 117 Å². The van der Waals surface area contributed by atoms with Crippen LogP contribution in [0.25, 0.3) is 0 Å².